The van der Waals surface area contributed by atoms with Gasteiger partial charge in [0.2, 0.25) is 11.9 Å². The number of rotatable bonds is 5. The van der Waals surface area contributed by atoms with E-state index in [0.717, 1.165) is 24.1 Å². The van der Waals surface area contributed by atoms with Gasteiger partial charge in [-0.1, -0.05) is 42.5 Å². The Hall–Kier alpha value is -2.99. The van der Waals surface area contributed by atoms with E-state index in [-0.39, 0.29) is 5.95 Å². The van der Waals surface area contributed by atoms with Gasteiger partial charge in [-0.25, -0.2) is 0 Å². The maximum absolute atomic E-state index is 5.96. The van der Waals surface area contributed by atoms with Crippen LogP contribution in [-0.2, 0) is 13.0 Å². The first-order valence-electron chi connectivity index (χ1n) is 9.71. The maximum atomic E-state index is 5.96. The fourth-order valence-electron chi connectivity index (χ4n) is 3.92. The maximum Gasteiger partial charge on any atom is 0.232 e. The second kappa shape index (κ2) is 7.94. The quantitative estimate of drug-likeness (QED) is 0.702. The molecule has 0 saturated carbocycles. The third-order valence-electron chi connectivity index (χ3n) is 5.35. The lowest BCUT2D eigenvalue weighted by atomic mass is 9.87. The SMILES string of the molecule is Cc1ccccc1Nc1nc(N)nc(CN(C)[C@@H]2CCCc3ccccc32)n1. The van der Waals surface area contributed by atoms with Gasteiger partial charge in [-0.05, 0) is 56.0 Å². The fraction of sp³-hybridized carbons (Fsp3) is 0.318. The summed E-state index contributed by atoms with van der Waals surface area (Å²) in [4.78, 5) is 15.5. The summed E-state index contributed by atoms with van der Waals surface area (Å²) in [6.07, 6.45) is 3.50. The summed E-state index contributed by atoms with van der Waals surface area (Å²) in [6.45, 7) is 2.66. The van der Waals surface area contributed by atoms with Gasteiger partial charge in [-0.2, -0.15) is 15.0 Å². The summed E-state index contributed by atoms with van der Waals surface area (Å²) in [5, 5.41) is 3.26. The van der Waals surface area contributed by atoms with E-state index in [1.54, 1.807) is 0 Å². The molecule has 1 aromatic heterocycles. The molecule has 28 heavy (non-hydrogen) atoms. The number of aromatic nitrogens is 3. The minimum atomic E-state index is 0.235. The summed E-state index contributed by atoms with van der Waals surface area (Å²) < 4.78 is 0. The first-order chi connectivity index (χ1) is 13.6. The predicted octanol–water partition coefficient (Wildman–Crippen LogP) is 4.02. The van der Waals surface area contributed by atoms with Gasteiger partial charge in [0, 0.05) is 11.7 Å². The van der Waals surface area contributed by atoms with Crippen molar-refractivity contribution in [1.29, 1.82) is 0 Å². The number of nitrogen functional groups attached to an aromatic ring is 1. The Balaban J connectivity index is 1.54. The average Bonchev–Trinajstić information content (AvgIpc) is 2.69. The number of aryl methyl sites for hydroxylation is 2. The third kappa shape index (κ3) is 3.97. The normalized spacial score (nSPS) is 16.0. The molecule has 144 valence electrons. The highest BCUT2D eigenvalue weighted by atomic mass is 15.2. The number of anilines is 3. The molecule has 0 fully saturated rings. The molecule has 6 nitrogen and oxygen atoms in total. The van der Waals surface area contributed by atoms with Crippen LogP contribution < -0.4 is 11.1 Å². The first kappa shape index (κ1) is 18.4. The molecular weight excluding hydrogens is 348 g/mol. The fourth-order valence-corrected chi connectivity index (χ4v) is 3.92. The highest BCUT2D eigenvalue weighted by Crippen LogP contribution is 2.34. The topological polar surface area (TPSA) is 80.0 Å². The Morgan fingerprint density at radius 2 is 1.86 bits per heavy atom. The molecule has 0 spiro atoms. The van der Waals surface area contributed by atoms with Gasteiger partial charge in [0.15, 0.2) is 0 Å². The van der Waals surface area contributed by atoms with Crippen molar-refractivity contribution in [3.63, 3.8) is 0 Å². The van der Waals surface area contributed by atoms with Crippen molar-refractivity contribution in [1.82, 2.24) is 19.9 Å². The lowest BCUT2D eigenvalue weighted by molar-refractivity contribution is 0.208. The van der Waals surface area contributed by atoms with Crippen molar-refractivity contribution < 1.29 is 0 Å². The van der Waals surface area contributed by atoms with Gasteiger partial charge in [-0.3, -0.25) is 4.90 Å². The molecule has 0 bridgehead atoms. The first-order valence-corrected chi connectivity index (χ1v) is 9.71. The number of nitrogens with zero attached hydrogens (tertiary/aromatic N) is 4. The molecule has 4 rings (SSSR count). The van der Waals surface area contributed by atoms with Crippen molar-refractivity contribution in [2.24, 2.45) is 0 Å². The number of hydrogen-bond acceptors (Lipinski definition) is 6. The van der Waals surface area contributed by atoms with Gasteiger partial charge in [0.25, 0.3) is 0 Å². The van der Waals surface area contributed by atoms with Crippen LogP contribution in [0.25, 0.3) is 0 Å². The lowest BCUT2D eigenvalue weighted by Gasteiger charge is -2.32. The number of nitrogens with one attached hydrogen (secondary N) is 1. The standard InChI is InChI=1S/C22H26N6/c1-15-8-3-6-12-18(15)24-22-26-20(25-21(23)27-22)14-28(2)19-13-7-10-16-9-4-5-11-17(16)19/h3-6,8-9,11-12,19H,7,10,13-14H2,1-2H3,(H3,23,24,25,26,27)/t19-/m1/s1. The highest BCUT2D eigenvalue weighted by Gasteiger charge is 2.24. The van der Waals surface area contributed by atoms with E-state index in [9.17, 15) is 0 Å². The molecule has 0 saturated heterocycles. The van der Waals surface area contributed by atoms with Crippen LogP contribution in [0, 0.1) is 6.92 Å². The molecule has 1 aliphatic rings. The number of nitrogens with two attached hydrogens (primary N) is 1. The minimum Gasteiger partial charge on any atom is -0.368 e. The van der Waals surface area contributed by atoms with E-state index in [1.807, 2.05) is 31.2 Å². The van der Waals surface area contributed by atoms with Crippen molar-refractivity contribution in [3.05, 3.63) is 71.0 Å². The number of para-hydroxylation sites is 1. The minimum absolute atomic E-state index is 0.235. The molecule has 0 amide bonds. The molecule has 1 heterocycles. The number of fused-ring (bicyclic) bond motifs is 1. The highest BCUT2D eigenvalue weighted by molar-refractivity contribution is 5.58. The molecule has 6 heteroatoms. The van der Waals surface area contributed by atoms with Crippen LogP contribution in [0.1, 0.15) is 41.4 Å². The van der Waals surface area contributed by atoms with Crippen LogP contribution in [0.4, 0.5) is 17.6 Å². The molecule has 0 radical (unpaired) electrons. The summed E-state index contributed by atoms with van der Waals surface area (Å²) in [5.41, 5.74) is 10.9. The zero-order valence-corrected chi connectivity index (χ0v) is 16.4. The van der Waals surface area contributed by atoms with Crippen LogP contribution in [0.2, 0.25) is 0 Å². The Kier molecular flexibility index (Phi) is 5.21. The molecular formula is C22H26N6. The largest absolute Gasteiger partial charge is 0.368 e. The summed E-state index contributed by atoms with van der Waals surface area (Å²) >= 11 is 0. The molecule has 0 unspecified atom stereocenters. The molecule has 1 aliphatic carbocycles. The van der Waals surface area contributed by atoms with E-state index in [0.29, 0.717) is 24.4 Å². The number of benzene rings is 2. The van der Waals surface area contributed by atoms with Crippen molar-refractivity contribution in [2.45, 2.75) is 38.8 Å². The monoisotopic (exact) mass is 374 g/mol. The Labute approximate surface area is 165 Å². The number of hydrogen-bond donors (Lipinski definition) is 2. The van der Waals surface area contributed by atoms with Crippen LogP contribution >= 0.6 is 0 Å². The van der Waals surface area contributed by atoms with E-state index >= 15 is 0 Å². The lowest BCUT2D eigenvalue weighted by Crippen LogP contribution is -2.28. The summed E-state index contributed by atoms with van der Waals surface area (Å²) in [6, 6.07) is 17.1. The van der Waals surface area contributed by atoms with Gasteiger partial charge >= 0.3 is 0 Å². The molecule has 3 aromatic rings. The van der Waals surface area contributed by atoms with Crippen molar-refractivity contribution >= 4 is 17.6 Å². The van der Waals surface area contributed by atoms with Crippen molar-refractivity contribution in [2.75, 3.05) is 18.1 Å². The van der Waals surface area contributed by atoms with E-state index in [1.165, 1.54) is 17.5 Å². The molecule has 3 N–H and O–H groups in total. The molecule has 1 atom stereocenters. The Morgan fingerprint density at radius 1 is 1.07 bits per heavy atom. The Bertz CT molecular complexity index is 971. The van der Waals surface area contributed by atoms with Crippen LogP contribution in [-0.4, -0.2) is 26.9 Å². The summed E-state index contributed by atoms with van der Waals surface area (Å²) in [7, 11) is 2.13. The molecule has 2 aromatic carbocycles. The zero-order valence-electron chi connectivity index (χ0n) is 16.4. The zero-order chi connectivity index (χ0) is 19.5. The average molecular weight is 374 g/mol. The van der Waals surface area contributed by atoms with E-state index in [2.05, 4.69) is 56.5 Å². The van der Waals surface area contributed by atoms with Gasteiger partial charge in [0.1, 0.15) is 5.82 Å². The van der Waals surface area contributed by atoms with Crippen LogP contribution in [0.15, 0.2) is 48.5 Å². The van der Waals surface area contributed by atoms with Gasteiger partial charge in [0.05, 0.1) is 6.54 Å². The second-order valence-electron chi connectivity index (χ2n) is 7.40. The van der Waals surface area contributed by atoms with Crippen LogP contribution in [0.5, 0.6) is 0 Å². The van der Waals surface area contributed by atoms with E-state index in [4.69, 9.17) is 5.73 Å². The predicted molar refractivity (Wildman–Crippen MR) is 112 cm³/mol. The van der Waals surface area contributed by atoms with Gasteiger partial charge in [-0.15, -0.1) is 0 Å². The van der Waals surface area contributed by atoms with Crippen LogP contribution in [0.3, 0.4) is 0 Å². The molecule has 0 aliphatic heterocycles. The Morgan fingerprint density at radius 3 is 2.71 bits per heavy atom. The smallest absolute Gasteiger partial charge is 0.232 e. The van der Waals surface area contributed by atoms with Gasteiger partial charge < -0.3 is 11.1 Å². The summed E-state index contributed by atoms with van der Waals surface area (Å²) in [5.74, 6) is 1.39. The second-order valence-corrected chi connectivity index (χ2v) is 7.40. The van der Waals surface area contributed by atoms with E-state index < -0.39 is 0 Å². The van der Waals surface area contributed by atoms with Crippen molar-refractivity contribution in [3.8, 4) is 0 Å². The third-order valence-corrected chi connectivity index (χ3v) is 5.35.